The van der Waals surface area contributed by atoms with E-state index >= 15 is 0 Å². The Hall–Kier alpha value is -1.63. The van der Waals surface area contributed by atoms with Crippen LogP contribution in [-0.2, 0) is 10.1 Å². The Morgan fingerprint density at radius 2 is 1.56 bits per heavy atom. The molecule has 0 saturated carbocycles. The van der Waals surface area contributed by atoms with Gasteiger partial charge in [0.25, 0.3) is 0 Å². The fraction of sp³-hybridized carbons (Fsp3) is 0.0526. The minimum atomic E-state index is -4.65. The average molecular weight is 360 g/mol. The van der Waals surface area contributed by atoms with Crippen molar-refractivity contribution >= 4 is 27.0 Å². The normalized spacial score (nSPS) is 16.0. The Bertz CT molecular complexity index is 1050. The van der Waals surface area contributed by atoms with Gasteiger partial charge in [-0.25, -0.2) is 8.42 Å². The Kier molecular flexibility index (Phi) is 5.04. The number of para-hydroxylation sites is 1. The van der Waals surface area contributed by atoms with E-state index in [1.54, 1.807) is 36.4 Å². The standard InChI is InChI=1S/C19H14O4S.Na/c20-24(21,22)17-12-14-8-4-6-13-7-5-11-16(18(13)14)19(17)23-15-9-2-1-3-10-15;/h1-12,19H,(H,20,21,22);/q;+1/p-1. The molecule has 1 unspecified atom stereocenters. The van der Waals surface area contributed by atoms with Gasteiger partial charge in [-0.15, -0.1) is 0 Å². The molecule has 1 aliphatic carbocycles. The van der Waals surface area contributed by atoms with Crippen molar-refractivity contribution in [2.75, 3.05) is 0 Å². The van der Waals surface area contributed by atoms with E-state index < -0.39 is 16.2 Å². The van der Waals surface area contributed by atoms with E-state index in [0.29, 0.717) is 16.9 Å². The van der Waals surface area contributed by atoms with Crippen LogP contribution in [0.3, 0.4) is 0 Å². The molecule has 0 bridgehead atoms. The molecule has 120 valence electrons. The Morgan fingerprint density at radius 3 is 2.24 bits per heavy atom. The maximum absolute atomic E-state index is 11.8. The van der Waals surface area contributed by atoms with Gasteiger partial charge in [0.2, 0.25) is 0 Å². The van der Waals surface area contributed by atoms with Gasteiger partial charge in [0.05, 0.1) is 4.91 Å². The van der Waals surface area contributed by atoms with E-state index in [4.69, 9.17) is 4.74 Å². The SMILES string of the molecule is O=S(=O)([O-])C1=Cc2cccc3cccc(c23)C1Oc1ccccc1.[Na+]. The van der Waals surface area contributed by atoms with Gasteiger partial charge in [0.15, 0.2) is 6.10 Å². The largest absolute Gasteiger partial charge is 1.00 e. The first-order chi connectivity index (χ1) is 11.5. The summed E-state index contributed by atoms with van der Waals surface area (Å²) in [6.45, 7) is 0. The fourth-order valence-electron chi connectivity index (χ4n) is 3.08. The first kappa shape index (κ1) is 18.2. The molecule has 0 saturated heterocycles. The van der Waals surface area contributed by atoms with Crippen molar-refractivity contribution in [1.82, 2.24) is 0 Å². The molecule has 25 heavy (non-hydrogen) atoms. The van der Waals surface area contributed by atoms with E-state index in [1.165, 1.54) is 6.08 Å². The summed E-state index contributed by atoms with van der Waals surface area (Å²) >= 11 is 0. The first-order valence-corrected chi connectivity index (χ1v) is 8.86. The van der Waals surface area contributed by atoms with Gasteiger partial charge in [-0.05, 0) is 34.5 Å². The molecule has 1 aliphatic rings. The smallest absolute Gasteiger partial charge is 0.744 e. The first-order valence-electron chi connectivity index (χ1n) is 7.45. The number of ether oxygens (including phenoxy) is 1. The minimum Gasteiger partial charge on any atom is -0.744 e. The molecule has 0 N–H and O–H groups in total. The van der Waals surface area contributed by atoms with Gasteiger partial charge in [-0.3, -0.25) is 0 Å². The third kappa shape index (κ3) is 3.38. The molecule has 6 heteroatoms. The van der Waals surface area contributed by atoms with E-state index in [1.807, 2.05) is 30.3 Å². The van der Waals surface area contributed by atoms with Crippen LogP contribution in [0.2, 0.25) is 0 Å². The van der Waals surface area contributed by atoms with Gasteiger partial charge < -0.3 is 9.29 Å². The topological polar surface area (TPSA) is 66.4 Å². The van der Waals surface area contributed by atoms with Crippen LogP contribution in [0, 0.1) is 0 Å². The molecule has 0 amide bonds. The second-order valence-electron chi connectivity index (χ2n) is 5.60. The second-order valence-corrected chi connectivity index (χ2v) is 6.98. The molecular weight excluding hydrogens is 347 g/mol. The summed E-state index contributed by atoms with van der Waals surface area (Å²) in [6, 6.07) is 20.1. The fourth-order valence-corrected chi connectivity index (χ4v) is 3.79. The Morgan fingerprint density at radius 1 is 0.880 bits per heavy atom. The molecule has 3 aromatic carbocycles. The summed E-state index contributed by atoms with van der Waals surface area (Å²) in [7, 11) is -4.65. The molecule has 0 fully saturated rings. The van der Waals surface area contributed by atoms with Crippen LogP contribution in [0.1, 0.15) is 17.2 Å². The molecule has 4 nitrogen and oxygen atoms in total. The molecule has 4 rings (SSSR count). The van der Waals surface area contributed by atoms with Gasteiger partial charge in [-0.1, -0.05) is 54.6 Å². The van der Waals surface area contributed by atoms with E-state index in [-0.39, 0.29) is 34.5 Å². The predicted molar refractivity (Wildman–Crippen MR) is 91.4 cm³/mol. The maximum Gasteiger partial charge on any atom is 1.00 e. The summed E-state index contributed by atoms with van der Waals surface area (Å²) in [5.41, 5.74) is 1.40. The van der Waals surface area contributed by atoms with Crippen molar-refractivity contribution in [1.29, 1.82) is 0 Å². The third-order valence-electron chi connectivity index (χ3n) is 4.09. The maximum atomic E-state index is 11.8. The number of rotatable bonds is 3. The number of hydrogen-bond donors (Lipinski definition) is 0. The summed E-state index contributed by atoms with van der Waals surface area (Å²) in [5.74, 6) is 0.508. The van der Waals surface area contributed by atoms with Gasteiger partial charge >= 0.3 is 29.6 Å². The zero-order chi connectivity index (χ0) is 16.7. The van der Waals surface area contributed by atoms with Crippen LogP contribution in [0.5, 0.6) is 5.75 Å². The van der Waals surface area contributed by atoms with Crippen LogP contribution < -0.4 is 34.3 Å². The molecule has 0 aromatic heterocycles. The Labute approximate surface area is 168 Å². The number of hydrogen-bond acceptors (Lipinski definition) is 4. The van der Waals surface area contributed by atoms with Crippen molar-refractivity contribution in [3.63, 3.8) is 0 Å². The van der Waals surface area contributed by atoms with Crippen LogP contribution in [0.15, 0.2) is 71.6 Å². The third-order valence-corrected chi connectivity index (χ3v) is 5.00. The molecule has 0 heterocycles. The quantitative estimate of drug-likeness (QED) is 0.513. The van der Waals surface area contributed by atoms with Crippen molar-refractivity contribution < 1.29 is 47.3 Å². The van der Waals surface area contributed by atoms with Crippen LogP contribution in [-0.4, -0.2) is 13.0 Å². The number of benzene rings is 3. The summed E-state index contributed by atoms with van der Waals surface area (Å²) in [6.07, 6.45) is 0.471. The van der Waals surface area contributed by atoms with Crippen molar-refractivity contribution in [3.8, 4) is 5.75 Å². The Balaban J connectivity index is 0.00000182. The van der Waals surface area contributed by atoms with E-state index in [0.717, 1.165) is 10.8 Å². The second kappa shape index (κ2) is 6.94. The van der Waals surface area contributed by atoms with Gasteiger partial charge in [-0.2, -0.15) is 0 Å². The molecule has 0 spiro atoms. The van der Waals surface area contributed by atoms with Crippen molar-refractivity contribution in [2.24, 2.45) is 0 Å². The molecule has 1 atom stereocenters. The summed E-state index contributed by atoms with van der Waals surface area (Å²) in [4.78, 5) is -0.266. The van der Waals surface area contributed by atoms with Crippen molar-refractivity contribution in [2.45, 2.75) is 6.10 Å². The zero-order valence-electron chi connectivity index (χ0n) is 13.5. The summed E-state index contributed by atoms with van der Waals surface area (Å²) in [5, 5.41) is 1.89. The van der Waals surface area contributed by atoms with Crippen molar-refractivity contribution in [3.05, 3.63) is 82.8 Å². The predicted octanol–water partition coefficient (Wildman–Crippen LogP) is 0.864. The zero-order valence-corrected chi connectivity index (χ0v) is 16.4. The average Bonchev–Trinajstić information content (AvgIpc) is 2.57. The van der Waals surface area contributed by atoms with Crippen LogP contribution in [0.4, 0.5) is 0 Å². The molecule has 0 aliphatic heterocycles. The van der Waals surface area contributed by atoms with Crippen LogP contribution in [0.25, 0.3) is 16.8 Å². The van der Waals surface area contributed by atoms with E-state index in [9.17, 15) is 13.0 Å². The van der Waals surface area contributed by atoms with E-state index in [2.05, 4.69) is 0 Å². The van der Waals surface area contributed by atoms with Crippen LogP contribution >= 0.6 is 0 Å². The summed E-state index contributed by atoms with van der Waals surface area (Å²) < 4.78 is 41.3. The monoisotopic (exact) mass is 360 g/mol. The van der Waals surface area contributed by atoms with Gasteiger partial charge in [0, 0.05) is 5.56 Å². The van der Waals surface area contributed by atoms with Gasteiger partial charge in [0.1, 0.15) is 15.9 Å². The molecule has 0 radical (unpaired) electrons. The molecular formula is C19H13NaO4S. The molecule has 3 aromatic rings. The minimum absolute atomic E-state index is 0.